The van der Waals surface area contributed by atoms with Gasteiger partial charge in [0.05, 0.1) is 5.25 Å². The first-order valence-corrected chi connectivity index (χ1v) is 9.38. The van der Waals surface area contributed by atoms with E-state index < -0.39 is 27.2 Å². The Morgan fingerprint density at radius 2 is 1.77 bits per heavy atom. The first-order valence-electron chi connectivity index (χ1n) is 7.83. The van der Waals surface area contributed by atoms with E-state index in [2.05, 4.69) is 16.6 Å². The second-order valence-corrected chi connectivity index (χ2v) is 8.23. The van der Waals surface area contributed by atoms with Crippen LogP contribution in [0, 0.1) is 11.8 Å². The van der Waals surface area contributed by atoms with Crippen LogP contribution in [-0.4, -0.2) is 31.5 Å². The fourth-order valence-electron chi connectivity index (χ4n) is 2.70. The van der Waals surface area contributed by atoms with E-state index >= 15 is 0 Å². The van der Waals surface area contributed by atoms with Crippen LogP contribution in [-0.2, 0) is 19.6 Å². The van der Waals surface area contributed by atoms with Crippen molar-refractivity contribution in [3.05, 3.63) is 12.7 Å². The van der Waals surface area contributed by atoms with Crippen molar-refractivity contribution in [2.75, 3.05) is 0 Å². The van der Waals surface area contributed by atoms with Crippen molar-refractivity contribution in [2.45, 2.75) is 56.7 Å². The van der Waals surface area contributed by atoms with Gasteiger partial charge in [-0.3, -0.25) is 14.3 Å². The Kier molecular flexibility index (Phi) is 5.26. The molecular formula is C15H24N2O4S. The molecule has 22 heavy (non-hydrogen) atoms. The molecule has 2 amide bonds. The number of carbonyl (C=O) groups is 2. The molecule has 0 aromatic heterocycles. The molecule has 2 rings (SSSR count). The molecule has 0 radical (unpaired) electrons. The summed E-state index contributed by atoms with van der Waals surface area (Å²) < 4.78 is 25.9. The first kappa shape index (κ1) is 17.0. The minimum atomic E-state index is -3.61. The molecule has 0 bridgehead atoms. The van der Waals surface area contributed by atoms with Gasteiger partial charge in [-0.2, -0.15) is 0 Å². The third-order valence-electron chi connectivity index (χ3n) is 4.41. The van der Waals surface area contributed by atoms with E-state index in [-0.39, 0.29) is 17.7 Å². The summed E-state index contributed by atoms with van der Waals surface area (Å²) in [4.78, 5) is 24.5. The standard InChI is InChI=1S/C15H24N2O4S/c1-3-10(2)13(16-14(18)11-6-4-5-7-11)15(19)17-22(20,21)12-8-9-12/h3,10-13H,1,4-9H2,2H3,(H,16,18)(H,17,19). The molecule has 0 heterocycles. The van der Waals surface area contributed by atoms with Crippen LogP contribution in [0.4, 0.5) is 0 Å². The zero-order chi connectivity index (χ0) is 16.3. The quantitative estimate of drug-likeness (QED) is 0.684. The maximum Gasteiger partial charge on any atom is 0.256 e. The summed E-state index contributed by atoms with van der Waals surface area (Å²) in [7, 11) is -3.61. The smallest absolute Gasteiger partial charge is 0.256 e. The number of nitrogens with one attached hydrogen (secondary N) is 2. The number of carbonyl (C=O) groups excluding carboxylic acids is 2. The predicted octanol–water partition coefficient (Wildman–Crippen LogP) is 1.09. The Labute approximate surface area is 131 Å². The molecule has 7 heteroatoms. The molecule has 2 N–H and O–H groups in total. The highest BCUT2D eigenvalue weighted by atomic mass is 32.2. The van der Waals surface area contributed by atoms with Crippen molar-refractivity contribution in [1.82, 2.24) is 10.0 Å². The molecule has 2 aliphatic rings. The van der Waals surface area contributed by atoms with Crippen molar-refractivity contribution >= 4 is 21.8 Å². The number of hydrogen-bond donors (Lipinski definition) is 2. The van der Waals surface area contributed by atoms with Crippen LogP contribution in [0.15, 0.2) is 12.7 Å². The largest absolute Gasteiger partial charge is 0.343 e. The number of rotatable bonds is 7. The van der Waals surface area contributed by atoms with Gasteiger partial charge in [0.1, 0.15) is 6.04 Å². The average molecular weight is 328 g/mol. The molecule has 6 nitrogen and oxygen atoms in total. The minimum absolute atomic E-state index is 0.0765. The molecule has 0 saturated heterocycles. The summed E-state index contributed by atoms with van der Waals surface area (Å²) >= 11 is 0. The topological polar surface area (TPSA) is 92.3 Å². The summed E-state index contributed by atoms with van der Waals surface area (Å²) in [6, 6.07) is -0.904. The highest BCUT2D eigenvalue weighted by molar-refractivity contribution is 7.90. The van der Waals surface area contributed by atoms with Crippen LogP contribution < -0.4 is 10.0 Å². The summed E-state index contributed by atoms with van der Waals surface area (Å²) in [6.07, 6.45) is 6.39. The third kappa shape index (κ3) is 4.09. The molecular weight excluding hydrogens is 304 g/mol. The third-order valence-corrected chi connectivity index (χ3v) is 6.24. The van der Waals surface area contributed by atoms with Gasteiger partial charge in [0, 0.05) is 11.8 Å². The van der Waals surface area contributed by atoms with E-state index in [0.29, 0.717) is 12.8 Å². The lowest BCUT2D eigenvalue weighted by Gasteiger charge is -2.23. The molecule has 124 valence electrons. The van der Waals surface area contributed by atoms with E-state index in [1.165, 1.54) is 0 Å². The maximum absolute atomic E-state index is 12.3. The van der Waals surface area contributed by atoms with Crippen LogP contribution in [0.5, 0.6) is 0 Å². The lowest BCUT2D eigenvalue weighted by molar-refractivity contribution is -0.131. The predicted molar refractivity (Wildman–Crippen MR) is 83.3 cm³/mol. The van der Waals surface area contributed by atoms with E-state index in [4.69, 9.17) is 0 Å². The van der Waals surface area contributed by atoms with Gasteiger partial charge in [-0.25, -0.2) is 8.42 Å². The monoisotopic (exact) mass is 328 g/mol. The first-order chi connectivity index (χ1) is 10.3. The van der Waals surface area contributed by atoms with Gasteiger partial charge in [0.15, 0.2) is 0 Å². The van der Waals surface area contributed by atoms with Crippen LogP contribution in [0.1, 0.15) is 45.4 Å². The minimum Gasteiger partial charge on any atom is -0.343 e. The van der Waals surface area contributed by atoms with Gasteiger partial charge >= 0.3 is 0 Å². The fraction of sp³-hybridized carbons (Fsp3) is 0.733. The summed E-state index contributed by atoms with van der Waals surface area (Å²) in [5.74, 6) is -1.27. The van der Waals surface area contributed by atoms with Gasteiger partial charge in [-0.1, -0.05) is 25.8 Å². The SMILES string of the molecule is C=CC(C)C(NC(=O)C1CCCC1)C(=O)NS(=O)(=O)C1CC1. The van der Waals surface area contributed by atoms with Gasteiger partial charge in [-0.15, -0.1) is 6.58 Å². The number of amides is 2. The van der Waals surface area contributed by atoms with E-state index in [1.807, 2.05) is 0 Å². The molecule has 0 spiro atoms. The number of sulfonamides is 1. The second-order valence-electron chi connectivity index (χ2n) is 6.27. The van der Waals surface area contributed by atoms with Gasteiger partial charge in [0.2, 0.25) is 15.9 Å². The number of hydrogen-bond acceptors (Lipinski definition) is 4. The normalized spacial score (nSPS) is 21.9. The zero-order valence-electron chi connectivity index (χ0n) is 12.9. The summed E-state index contributed by atoms with van der Waals surface area (Å²) in [6.45, 7) is 5.36. The van der Waals surface area contributed by atoms with Gasteiger partial charge in [0.25, 0.3) is 5.91 Å². The molecule has 2 aliphatic carbocycles. The lowest BCUT2D eigenvalue weighted by atomic mass is 9.99. The van der Waals surface area contributed by atoms with Gasteiger partial charge < -0.3 is 5.32 Å². The highest BCUT2D eigenvalue weighted by Gasteiger charge is 2.39. The molecule has 0 aliphatic heterocycles. The molecule has 0 aromatic rings. The summed E-state index contributed by atoms with van der Waals surface area (Å²) in [5, 5.41) is 2.23. The van der Waals surface area contributed by atoms with E-state index in [9.17, 15) is 18.0 Å². The highest BCUT2D eigenvalue weighted by Crippen LogP contribution is 2.28. The molecule has 2 saturated carbocycles. The maximum atomic E-state index is 12.3. The molecule has 2 fully saturated rings. The Hall–Kier alpha value is -1.37. The fourth-order valence-corrected chi connectivity index (χ4v) is 4.03. The van der Waals surface area contributed by atoms with Crippen molar-refractivity contribution in [3.8, 4) is 0 Å². The van der Waals surface area contributed by atoms with Crippen LogP contribution >= 0.6 is 0 Å². The van der Waals surface area contributed by atoms with Gasteiger partial charge in [-0.05, 0) is 25.7 Å². The molecule has 2 atom stereocenters. The van der Waals surface area contributed by atoms with Crippen molar-refractivity contribution < 1.29 is 18.0 Å². The lowest BCUT2D eigenvalue weighted by Crippen LogP contribution is -2.52. The molecule has 0 aromatic carbocycles. The van der Waals surface area contributed by atoms with Crippen LogP contribution in [0.25, 0.3) is 0 Å². The van der Waals surface area contributed by atoms with Crippen molar-refractivity contribution in [2.24, 2.45) is 11.8 Å². The Balaban J connectivity index is 2.02. The Morgan fingerprint density at radius 1 is 1.18 bits per heavy atom. The van der Waals surface area contributed by atoms with E-state index in [0.717, 1.165) is 25.7 Å². The van der Waals surface area contributed by atoms with Crippen LogP contribution in [0.2, 0.25) is 0 Å². The van der Waals surface area contributed by atoms with Crippen molar-refractivity contribution in [3.63, 3.8) is 0 Å². The van der Waals surface area contributed by atoms with E-state index in [1.54, 1.807) is 13.0 Å². The Morgan fingerprint density at radius 3 is 2.27 bits per heavy atom. The average Bonchev–Trinajstić information content (AvgIpc) is 3.20. The van der Waals surface area contributed by atoms with Crippen molar-refractivity contribution in [1.29, 1.82) is 0 Å². The summed E-state index contributed by atoms with van der Waals surface area (Å²) in [5.41, 5.74) is 0. The van der Waals surface area contributed by atoms with Crippen LogP contribution in [0.3, 0.4) is 0 Å². The zero-order valence-corrected chi connectivity index (χ0v) is 13.7. The molecule has 2 unspecified atom stereocenters. The second kappa shape index (κ2) is 6.81. The Bertz CT molecular complexity index is 548.